The van der Waals surface area contributed by atoms with Crippen LogP contribution in [0.4, 0.5) is 10.1 Å². The number of hydrogen-bond donors (Lipinski definition) is 2. The first kappa shape index (κ1) is 19.6. The Labute approximate surface area is 153 Å². The molecule has 0 aliphatic carbocycles. The normalized spacial score (nSPS) is 11.7. The van der Waals surface area contributed by atoms with Crippen molar-refractivity contribution in [3.8, 4) is 0 Å². The van der Waals surface area contributed by atoms with Crippen LogP contribution < -0.4 is 10.2 Å². The molecular formula is C20H25FN3O2+. The lowest BCUT2D eigenvalue weighted by molar-refractivity contribution is -0.862. The Morgan fingerprint density at radius 2 is 1.65 bits per heavy atom. The number of aryl methyl sites for hydroxylation is 1. The second-order valence-corrected chi connectivity index (χ2v) is 6.60. The molecule has 0 saturated heterocycles. The summed E-state index contributed by atoms with van der Waals surface area (Å²) >= 11 is 0. The van der Waals surface area contributed by atoms with Crippen molar-refractivity contribution in [1.29, 1.82) is 0 Å². The SMILES string of the molecule is Cc1ccc(NC(=O)C[NH+](C)CC(=O)N(C)Cc2ccc(F)cc2)cc1. The predicted molar refractivity (Wildman–Crippen MR) is 99.3 cm³/mol. The first-order valence-electron chi connectivity index (χ1n) is 8.49. The maximum absolute atomic E-state index is 12.9. The van der Waals surface area contributed by atoms with Gasteiger partial charge in [0, 0.05) is 19.3 Å². The van der Waals surface area contributed by atoms with Crippen LogP contribution in [0.3, 0.4) is 0 Å². The molecule has 2 aromatic carbocycles. The number of nitrogens with one attached hydrogen (secondary N) is 2. The van der Waals surface area contributed by atoms with Crippen LogP contribution in [-0.2, 0) is 16.1 Å². The largest absolute Gasteiger partial charge is 0.337 e. The maximum Gasteiger partial charge on any atom is 0.279 e. The summed E-state index contributed by atoms with van der Waals surface area (Å²) < 4.78 is 12.9. The average molecular weight is 358 g/mol. The number of rotatable bonds is 7. The molecule has 0 fully saturated rings. The van der Waals surface area contributed by atoms with E-state index in [1.54, 1.807) is 31.1 Å². The van der Waals surface area contributed by atoms with E-state index in [-0.39, 0.29) is 30.7 Å². The molecule has 1 unspecified atom stereocenters. The number of likely N-dealkylation sites (N-methyl/N-ethyl adjacent to an activating group) is 2. The third-order valence-corrected chi connectivity index (χ3v) is 4.01. The van der Waals surface area contributed by atoms with E-state index in [1.165, 1.54) is 12.1 Å². The van der Waals surface area contributed by atoms with Gasteiger partial charge in [0.15, 0.2) is 13.1 Å². The monoisotopic (exact) mass is 358 g/mol. The molecule has 5 nitrogen and oxygen atoms in total. The van der Waals surface area contributed by atoms with Crippen molar-refractivity contribution in [1.82, 2.24) is 4.90 Å². The lowest BCUT2D eigenvalue weighted by Crippen LogP contribution is -3.11. The van der Waals surface area contributed by atoms with Gasteiger partial charge < -0.3 is 15.1 Å². The van der Waals surface area contributed by atoms with Gasteiger partial charge in [0.1, 0.15) is 5.82 Å². The highest BCUT2D eigenvalue weighted by Crippen LogP contribution is 2.08. The van der Waals surface area contributed by atoms with E-state index in [1.807, 2.05) is 31.2 Å². The van der Waals surface area contributed by atoms with Crippen molar-refractivity contribution in [3.05, 3.63) is 65.5 Å². The molecule has 2 amide bonds. The lowest BCUT2D eigenvalue weighted by atomic mass is 10.2. The number of amides is 2. The average Bonchev–Trinajstić information content (AvgIpc) is 2.58. The quantitative estimate of drug-likeness (QED) is 0.783. The smallest absolute Gasteiger partial charge is 0.279 e. The number of quaternary nitrogens is 1. The van der Waals surface area contributed by atoms with Gasteiger partial charge in [0.05, 0.1) is 7.05 Å². The van der Waals surface area contributed by atoms with Crippen LogP contribution in [0, 0.1) is 12.7 Å². The number of halogens is 1. The van der Waals surface area contributed by atoms with E-state index in [4.69, 9.17) is 0 Å². The second kappa shape index (κ2) is 9.10. The van der Waals surface area contributed by atoms with Crippen LogP contribution in [0.15, 0.2) is 48.5 Å². The van der Waals surface area contributed by atoms with E-state index in [0.29, 0.717) is 6.54 Å². The second-order valence-electron chi connectivity index (χ2n) is 6.60. The van der Waals surface area contributed by atoms with Gasteiger partial charge in [-0.25, -0.2) is 4.39 Å². The van der Waals surface area contributed by atoms with Gasteiger partial charge >= 0.3 is 0 Å². The molecule has 6 heteroatoms. The fraction of sp³-hybridized carbons (Fsp3) is 0.300. The standard InChI is InChI=1S/C20H24FN3O2/c1-15-4-10-18(11-5-15)22-19(25)13-23(2)14-20(26)24(3)12-16-6-8-17(21)9-7-16/h4-11H,12-14H2,1-3H3,(H,22,25)/p+1. The van der Waals surface area contributed by atoms with Crippen molar-refractivity contribution < 1.29 is 18.9 Å². The van der Waals surface area contributed by atoms with Crippen molar-refractivity contribution >= 4 is 17.5 Å². The highest BCUT2D eigenvalue weighted by atomic mass is 19.1. The first-order valence-corrected chi connectivity index (χ1v) is 8.49. The topological polar surface area (TPSA) is 53.9 Å². The Morgan fingerprint density at radius 1 is 1.04 bits per heavy atom. The predicted octanol–water partition coefficient (Wildman–Crippen LogP) is 1.25. The van der Waals surface area contributed by atoms with E-state index in [9.17, 15) is 14.0 Å². The summed E-state index contributed by atoms with van der Waals surface area (Å²) in [4.78, 5) is 26.8. The molecule has 0 heterocycles. The zero-order valence-corrected chi connectivity index (χ0v) is 15.4. The van der Waals surface area contributed by atoms with Gasteiger partial charge in [-0.1, -0.05) is 29.8 Å². The summed E-state index contributed by atoms with van der Waals surface area (Å²) in [6.45, 7) is 2.79. The molecule has 0 aromatic heterocycles. The Morgan fingerprint density at radius 3 is 2.27 bits per heavy atom. The molecule has 138 valence electrons. The minimum absolute atomic E-state index is 0.0741. The van der Waals surface area contributed by atoms with Crippen molar-refractivity contribution in [2.24, 2.45) is 0 Å². The first-order chi connectivity index (χ1) is 12.3. The van der Waals surface area contributed by atoms with Crippen molar-refractivity contribution in [2.45, 2.75) is 13.5 Å². The third-order valence-electron chi connectivity index (χ3n) is 4.01. The Balaban J connectivity index is 1.79. The number of anilines is 1. The highest BCUT2D eigenvalue weighted by molar-refractivity contribution is 5.91. The molecule has 0 aliphatic heterocycles. The van der Waals surface area contributed by atoms with Crippen LogP contribution in [0.5, 0.6) is 0 Å². The molecule has 2 aromatic rings. The molecule has 1 atom stereocenters. The number of nitrogens with zero attached hydrogens (tertiary/aromatic N) is 1. The zero-order chi connectivity index (χ0) is 19.1. The van der Waals surface area contributed by atoms with Crippen LogP contribution in [0.1, 0.15) is 11.1 Å². The van der Waals surface area contributed by atoms with E-state index in [2.05, 4.69) is 5.32 Å². The minimum Gasteiger partial charge on any atom is -0.337 e. The van der Waals surface area contributed by atoms with Gasteiger partial charge in [-0.3, -0.25) is 9.59 Å². The molecule has 2 rings (SSSR count). The minimum atomic E-state index is -0.300. The molecular weight excluding hydrogens is 333 g/mol. The Bertz CT molecular complexity index is 745. The van der Waals surface area contributed by atoms with Crippen LogP contribution in [-0.4, -0.2) is 43.9 Å². The summed E-state index contributed by atoms with van der Waals surface area (Å²) in [6.07, 6.45) is 0. The third kappa shape index (κ3) is 6.29. The van der Waals surface area contributed by atoms with Crippen molar-refractivity contribution in [2.75, 3.05) is 32.5 Å². The summed E-state index contributed by atoms with van der Waals surface area (Å²) in [5.74, 6) is -0.512. The van der Waals surface area contributed by atoms with Crippen LogP contribution in [0.2, 0.25) is 0 Å². The maximum atomic E-state index is 12.9. The highest BCUT2D eigenvalue weighted by Gasteiger charge is 2.17. The number of carbonyl (C=O) groups excluding carboxylic acids is 2. The number of carbonyl (C=O) groups is 2. The van der Waals surface area contributed by atoms with Gasteiger partial charge in [-0.05, 0) is 36.8 Å². The molecule has 0 radical (unpaired) electrons. The summed E-state index contributed by atoms with van der Waals surface area (Å²) in [5, 5.41) is 2.83. The zero-order valence-electron chi connectivity index (χ0n) is 15.4. The molecule has 0 bridgehead atoms. The Hall–Kier alpha value is -2.73. The Kier molecular flexibility index (Phi) is 6.86. The van der Waals surface area contributed by atoms with E-state index < -0.39 is 0 Å². The van der Waals surface area contributed by atoms with E-state index >= 15 is 0 Å². The lowest BCUT2D eigenvalue weighted by Gasteiger charge is -2.20. The van der Waals surface area contributed by atoms with E-state index in [0.717, 1.165) is 21.7 Å². The number of benzene rings is 2. The molecule has 0 aliphatic rings. The molecule has 2 N–H and O–H groups in total. The fourth-order valence-electron chi connectivity index (χ4n) is 2.52. The van der Waals surface area contributed by atoms with Gasteiger partial charge in [0.25, 0.3) is 11.8 Å². The van der Waals surface area contributed by atoms with Gasteiger partial charge in [-0.2, -0.15) is 0 Å². The fourth-order valence-corrected chi connectivity index (χ4v) is 2.52. The van der Waals surface area contributed by atoms with Gasteiger partial charge in [-0.15, -0.1) is 0 Å². The number of hydrogen-bond acceptors (Lipinski definition) is 2. The van der Waals surface area contributed by atoms with Crippen LogP contribution >= 0.6 is 0 Å². The summed E-state index contributed by atoms with van der Waals surface area (Å²) in [7, 11) is 3.50. The summed E-state index contributed by atoms with van der Waals surface area (Å²) in [5.41, 5.74) is 2.73. The summed E-state index contributed by atoms with van der Waals surface area (Å²) in [6, 6.07) is 13.6. The molecule has 0 spiro atoms. The molecule has 0 saturated carbocycles. The van der Waals surface area contributed by atoms with Crippen molar-refractivity contribution in [3.63, 3.8) is 0 Å². The van der Waals surface area contributed by atoms with Gasteiger partial charge in [0.2, 0.25) is 0 Å². The molecule has 26 heavy (non-hydrogen) atoms. The van der Waals surface area contributed by atoms with Crippen LogP contribution in [0.25, 0.3) is 0 Å².